The molecule has 3 aromatic rings. The molecule has 2 N–H and O–H groups in total. The average molecular weight is 356 g/mol. The van der Waals surface area contributed by atoms with Gasteiger partial charge in [-0.15, -0.1) is 11.3 Å². The van der Waals surface area contributed by atoms with Gasteiger partial charge in [0.05, 0.1) is 28.2 Å². The number of H-pyrrole nitrogens is 1. The number of aromatic amines is 1. The van der Waals surface area contributed by atoms with Gasteiger partial charge in [0, 0.05) is 16.8 Å². The lowest BCUT2D eigenvalue weighted by molar-refractivity contribution is -0.122. The summed E-state index contributed by atoms with van der Waals surface area (Å²) < 4.78 is 0. The van der Waals surface area contributed by atoms with E-state index in [-0.39, 0.29) is 11.5 Å². The average Bonchev–Trinajstić information content (AvgIpc) is 3.03. The van der Waals surface area contributed by atoms with Crippen LogP contribution in [0.3, 0.4) is 0 Å². The first-order valence-corrected chi connectivity index (χ1v) is 9.10. The molecule has 0 saturated heterocycles. The Balaban J connectivity index is 1.64. The molecule has 0 fully saturated rings. The number of carbonyl (C=O) groups is 1. The quantitative estimate of drug-likeness (QED) is 0.665. The highest BCUT2D eigenvalue weighted by Gasteiger charge is 2.20. The van der Waals surface area contributed by atoms with Crippen molar-refractivity contribution >= 4 is 28.0 Å². The van der Waals surface area contributed by atoms with Crippen LogP contribution in [-0.4, -0.2) is 27.6 Å². The largest absolute Gasteiger partial charge is 0.356 e. The molecule has 0 radical (unpaired) electrons. The molecule has 130 valence electrons. The number of hydrogen-bond donors (Lipinski definition) is 2. The van der Waals surface area contributed by atoms with Crippen LogP contribution in [0.2, 0.25) is 0 Å². The van der Waals surface area contributed by atoms with E-state index in [9.17, 15) is 9.59 Å². The maximum absolute atomic E-state index is 12.4. The van der Waals surface area contributed by atoms with E-state index in [4.69, 9.17) is 0 Å². The summed E-state index contributed by atoms with van der Waals surface area (Å²) in [4.78, 5) is 29.8. The second kappa shape index (κ2) is 7.57. The van der Waals surface area contributed by atoms with Crippen molar-refractivity contribution in [2.75, 3.05) is 6.54 Å². The topological polar surface area (TPSA) is 87.7 Å². The summed E-state index contributed by atoms with van der Waals surface area (Å²) in [6.45, 7) is 4.40. The SMILES string of the molecule is Cc1ncsc1CCCNC(=O)C(C)c1n[nH]c(=O)c2ccccc12. The van der Waals surface area contributed by atoms with Gasteiger partial charge in [0.2, 0.25) is 5.91 Å². The molecule has 1 amide bonds. The zero-order valence-corrected chi connectivity index (χ0v) is 15.0. The van der Waals surface area contributed by atoms with Crippen LogP contribution in [0.25, 0.3) is 10.8 Å². The highest BCUT2D eigenvalue weighted by Crippen LogP contribution is 2.21. The minimum absolute atomic E-state index is 0.0919. The van der Waals surface area contributed by atoms with Gasteiger partial charge in [-0.05, 0) is 32.8 Å². The maximum Gasteiger partial charge on any atom is 0.272 e. The molecule has 0 aliphatic heterocycles. The fourth-order valence-corrected chi connectivity index (χ4v) is 3.59. The number of fused-ring (bicyclic) bond motifs is 1. The molecule has 1 atom stereocenters. The molecule has 25 heavy (non-hydrogen) atoms. The number of benzene rings is 1. The maximum atomic E-state index is 12.4. The molecule has 1 aromatic carbocycles. The van der Waals surface area contributed by atoms with Crippen molar-refractivity contribution < 1.29 is 4.79 Å². The van der Waals surface area contributed by atoms with Crippen LogP contribution in [0.5, 0.6) is 0 Å². The van der Waals surface area contributed by atoms with Crippen molar-refractivity contribution in [2.45, 2.75) is 32.6 Å². The number of hydrogen-bond acceptors (Lipinski definition) is 5. The summed E-state index contributed by atoms with van der Waals surface area (Å²) in [6, 6.07) is 7.20. The van der Waals surface area contributed by atoms with Crippen LogP contribution in [0.4, 0.5) is 0 Å². The number of nitrogens with zero attached hydrogens (tertiary/aromatic N) is 2. The minimum atomic E-state index is -0.438. The Morgan fingerprint density at radius 2 is 2.08 bits per heavy atom. The van der Waals surface area contributed by atoms with E-state index < -0.39 is 5.92 Å². The highest BCUT2D eigenvalue weighted by molar-refractivity contribution is 7.09. The number of carbonyl (C=O) groups excluding carboxylic acids is 1. The monoisotopic (exact) mass is 356 g/mol. The van der Waals surface area contributed by atoms with Crippen molar-refractivity contribution in [3.05, 3.63) is 56.4 Å². The fourth-order valence-electron chi connectivity index (χ4n) is 2.77. The van der Waals surface area contributed by atoms with Gasteiger partial charge in [-0.3, -0.25) is 9.59 Å². The van der Waals surface area contributed by atoms with Crippen molar-refractivity contribution in [1.82, 2.24) is 20.5 Å². The lowest BCUT2D eigenvalue weighted by atomic mass is 10.0. The standard InChI is InChI=1S/C18H20N4O2S/c1-11(16-13-6-3-4-7-14(13)18(24)22-21-16)17(23)19-9-5-8-15-12(2)20-10-25-15/h3-4,6-7,10-11H,5,8-9H2,1-2H3,(H,19,23)(H,22,24). The van der Waals surface area contributed by atoms with Crippen molar-refractivity contribution in [3.8, 4) is 0 Å². The van der Waals surface area contributed by atoms with E-state index in [1.54, 1.807) is 30.4 Å². The highest BCUT2D eigenvalue weighted by atomic mass is 32.1. The van der Waals surface area contributed by atoms with Gasteiger partial charge in [0.1, 0.15) is 0 Å². The summed E-state index contributed by atoms with van der Waals surface area (Å²) >= 11 is 1.65. The predicted octanol–water partition coefficient (Wildman–Crippen LogP) is 2.54. The van der Waals surface area contributed by atoms with E-state index in [1.807, 2.05) is 24.6 Å². The molecule has 2 heterocycles. The zero-order chi connectivity index (χ0) is 17.8. The molecular formula is C18H20N4O2S. The molecule has 0 bridgehead atoms. The molecule has 0 spiro atoms. The Labute approximate surface area is 149 Å². The third-order valence-electron chi connectivity index (χ3n) is 4.25. The van der Waals surface area contributed by atoms with Crippen LogP contribution < -0.4 is 10.9 Å². The van der Waals surface area contributed by atoms with Gasteiger partial charge in [-0.1, -0.05) is 18.2 Å². The molecule has 3 rings (SSSR count). The van der Waals surface area contributed by atoms with Gasteiger partial charge in [-0.25, -0.2) is 10.1 Å². The molecule has 0 aliphatic rings. The Bertz CT molecular complexity index is 947. The number of rotatable bonds is 6. The van der Waals surface area contributed by atoms with E-state index in [0.717, 1.165) is 18.5 Å². The molecular weight excluding hydrogens is 336 g/mol. The van der Waals surface area contributed by atoms with Gasteiger partial charge < -0.3 is 5.32 Å². The molecule has 1 unspecified atom stereocenters. The Hall–Kier alpha value is -2.54. The van der Waals surface area contributed by atoms with Gasteiger partial charge in [0.15, 0.2) is 0 Å². The number of aryl methyl sites for hydroxylation is 2. The molecule has 6 nitrogen and oxygen atoms in total. The fraction of sp³-hybridized carbons (Fsp3) is 0.333. The summed E-state index contributed by atoms with van der Waals surface area (Å²) in [5.74, 6) is -0.530. The van der Waals surface area contributed by atoms with E-state index >= 15 is 0 Å². The number of thiazole rings is 1. The summed E-state index contributed by atoms with van der Waals surface area (Å²) in [5.41, 5.74) is 3.25. The smallest absolute Gasteiger partial charge is 0.272 e. The van der Waals surface area contributed by atoms with Crippen molar-refractivity contribution in [3.63, 3.8) is 0 Å². The van der Waals surface area contributed by atoms with Crippen LogP contribution >= 0.6 is 11.3 Å². The zero-order valence-electron chi connectivity index (χ0n) is 14.2. The normalized spacial score (nSPS) is 12.2. The number of aromatic nitrogens is 3. The van der Waals surface area contributed by atoms with Gasteiger partial charge in [-0.2, -0.15) is 5.10 Å². The summed E-state index contributed by atoms with van der Waals surface area (Å²) in [5, 5.41) is 10.8. The summed E-state index contributed by atoms with van der Waals surface area (Å²) in [7, 11) is 0. The van der Waals surface area contributed by atoms with Crippen LogP contribution in [0, 0.1) is 6.92 Å². The lowest BCUT2D eigenvalue weighted by Gasteiger charge is -2.13. The lowest BCUT2D eigenvalue weighted by Crippen LogP contribution is -2.30. The number of nitrogens with one attached hydrogen (secondary N) is 2. The van der Waals surface area contributed by atoms with Crippen LogP contribution in [-0.2, 0) is 11.2 Å². The minimum Gasteiger partial charge on any atom is -0.356 e. The van der Waals surface area contributed by atoms with Gasteiger partial charge in [0.25, 0.3) is 5.56 Å². The first-order chi connectivity index (χ1) is 12.1. The van der Waals surface area contributed by atoms with Crippen LogP contribution in [0.15, 0.2) is 34.6 Å². The summed E-state index contributed by atoms with van der Waals surface area (Å²) in [6.07, 6.45) is 1.77. The van der Waals surface area contributed by atoms with Crippen molar-refractivity contribution in [1.29, 1.82) is 0 Å². The molecule has 0 saturated carbocycles. The first kappa shape index (κ1) is 17.3. The second-order valence-corrected chi connectivity index (χ2v) is 6.90. The van der Waals surface area contributed by atoms with Crippen LogP contribution in [0.1, 0.15) is 35.5 Å². The Morgan fingerprint density at radius 3 is 2.80 bits per heavy atom. The first-order valence-electron chi connectivity index (χ1n) is 8.22. The predicted molar refractivity (Wildman–Crippen MR) is 99.0 cm³/mol. The number of amides is 1. The van der Waals surface area contributed by atoms with Crippen molar-refractivity contribution in [2.24, 2.45) is 0 Å². The molecule has 2 aromatic heterocycles. The molecule has 7 heteroatoms. The Kier molecular flexibility index (Phi) is 5.23. The molecule has 0 aliphatic carbocycles. The third kappa shape index (κ3) is 3.76. The van der Waals surface area contributed by atoms with E-state index in [0.29, 0.717) is 23.0 Å². The van der Waals surface area contributed by atoms with Gasteiger partial charge >= 0.3 is 0 Å². The van der Waals surface area contributed by atoms with E-state index in [2.05, 4.69) is 20.5 Å². The second-order valence-electron chi connectivity index (χ2n) is 5.96. The third-order valence-corrected chi connectivity index (χ3v) is 5.25. The van der Waals surface area contributed by atoms with E-state index in [1.165, 1.54) is 4.88 Å². The Morgan fingerprint density at radius 1 is 1.32 bits per heavy atom.